The van der Waals surface area contributed by atoms with Crippen molar-refractivity contribution < 1.29 is 19.1 Å². The molecule has 8 heteroatoms. The van der Waals surface area contributed by atoms with Crippen LogP contribution in [0, 0.1) is 0 Å². The van der Waals surface area contributed by atoms with Crippen LogP contribution in [0.5, 0.6) is 11.5 Å². The van der Waals surface area contributed by atoms with Crippen LogP contribution in [0.1, 0.15) is 18.9 Å². The van der Waals surface area contributed by atoms with Crippen molar-refractivity contribution in [3.8, 4) is 11.5 Å². The van der Waals surface area contributed by atoms with E-state index in [0.29, 0.717) is 30.3 Å². The molecule has 0 bridgehead atoms. The van der Waals surface area contributed by atoms with Gasteiger partial charge in [0.15, 0.2) is 11.5 Å². The summed E-state index contributed by atoms with van der Waals surface area (Å²) < 4.78 is 10.7. The summed E-state index contributed by atoms with van der Waals surface area (Å²) in [7, 11) is 0. The van der Waals surface area contributed by atoms with E-state index in [2.05, 4.69) is 5.10 Å². The summed E-state index contributed by atoms with van der Waals surface area (Å²) in [6, 6.07) is 14.2. The van der Waals surface area contributed by atoms with Crippen molar-refractivity contribution in [3.63, 3.8) is 0 Å². The lowest BCUT2D eigenvalue weighted by Crippen LogP contribution is -2.40. The average Bonchev–Trinajstić information content (AvgIpc) is 3.39. The van der Waals surface area contributed by atoms with E-state index >= 15 is 0 Å². The van der Waals surface area contributed by atoms with Gasteiger partial charge in [0.1, 0.15) is 11.8 Å². The third-order valence-corrected chi connectivity index (χ3v) is 4.99. The van der Waals surface area contributed by atoms with Gasteiger partial charge >= 0.3 is 0 Å². The number of nitrogens with zero attached hydrogens (tertiary/aromatic N) is 3. The lowest BCUT2D eigenvalue weighted by Gasteiger charge is -2.21. The van der Waals surface area contributed by atoms with Gasteiger partial charge in [-0.2, -0.15) is 5.10 Å². The Morgan fingerprint density at radius 1 is 1.17 bits per heavy atom. The number of anilines is 1. The monoisotopic (exact) mass is 394 g/mol. The first-order valence-electron chi connectivity index (χ1n) is 9.45. The number of hydrogen-bond acceptors (Lipinski definition) is 6. The lowest BCUT2D eigenvalue weighted by molar-refractivity contribution is -0.124. The first-order chi connectivity index (χ1) is 14.1. The Morgan fingerprint density at radius 2 is 1.93 bits per heavy atom. The molecule has 1 atom stereocenters. The minimum Gasteiger partial charge on any atom is -0.454 e. The number of hydrogen-bond donors (Lipinski definition) is 1. The van der Waals surface area contributed by atoms with E-state index in [-0.39, 0.29) is 19.1 Å². The Labute approximate surface area is 168 Å². The maximum absolute atomic E-state index is 13.1. The molecule has 0 radical (unpaired) electrons. The first kappa shape index (κ1) is 18.8. The fourth-order valence-electron chi connectivity index (χ4n) is 3.45. The van der Waals surface area contributed by atoms with Crippen LogP contribution in [-0.2, 0) is 16.1 Å². The average molecular weight is 394 g/mol. The van der Waals surface area contributed by atoms with Gasteiger partial charge in [-0.15, -0.1) is 0 Å². The second kappa shape index (κ2) is 7.83. The van der Waals surface area contributed by atoms with E-state index in [1.165, 1.54) is 5.01 Å². The number of primary amides is 1. The summed E-state index contributed by atoms with van der Waals surface area (Å²) in [4.78, 5) is 26.8. The largest absolute Gasteiger partial charge is 0.454 e. The van der Waals surface area contributed by atoms with Crippen molar-refractivity contribution in [1.82, 2.24) is 4.90 Å². The molecule has 2 aromatic rings. The van der Waals surface area contributed by atoms with Crippen LogP contribution in [0.3, 0.4) is 0 Å². The van der Waals surface area contributed by atoms with Gasteiger partial charge < -0.3 is 20.1 Å². The van der Waals surface area contributed by atoms with Crippen LogP contribution in [0.15, 0.2) is 53.6 Å². The van der Waals surface area contributed by atoms with Crippen LogP contribution in [0.2, 0.25) is 0 Å². The minimum absolute atomic E-state index is 0.181. The van der Waals surface area contributed by atoms with Crippen LogP contribution in [-0.4, -0.2) is 41.8 Å². The van der Waals surface area contributed by atoms with Crippen LogP contribution >= 0.6 is 0 Å². The number of benzene rings is 2. The number of para-hydroxylation sites is 1. The van der Waals surface area contributed by atoms with Crippen molar-refractivity contribution in [2.24, 2.45) is 10.8 Å². The van der Waals surface area contributed by atoms with Gasteiger partial charge in [-0.3, -0.25) is 14.6 Å². The predicted octanol–water partition coefficient (Wildman–Crippen LogP) is 1.88. The van der Waals surface area contributed by atoms with E-state index < -0.39 is 11.9 Å². The van der Waals surface area contributed by atoms with Crippen LogP contribution in [0.4, 0.5) is 5.69 Å². The van der Waals surface area contributed by atoms with Crippen LogP contribution in [0.25, 0.3) is 0 Å². The van der Waals surface area contributed by atoms with Gasteiger partial charge in [0.25, 0.3) is 5.91 Å². The third-order valence-electron chi connectivity index (χ3n) is 4.99. The van der Waals surface area contributed by atoms with Gasteiger partial charge in [0.2, 0.25) is 12.7 Å². The van der Waals surface area contributed by atoms with Gasteiger partial charge in [-0.25, -0.2) is 0 Å². The van der Waals surface area contributed by atoms with Crippen LogP contribution < -0.4 is 20.2 Å². The number of ether oxygens (including phenoxy) is 2. The molecule has 0 fully saturated rings. The molecule has 2 amide bonds. The summed E-state index contributed by atoms with van der Waals surface area (Å²) in [6.45, 7) is 3.01. The Kier molecular flexibility index (Phi) is 5.07. The number of amides is 2. The number of nitrogens with two attached hydrogens (primary N) is 1. The highest BCUT2D eigenvalue weighted by Crippen LogP contribution is 2.33. The highest BCUT2D eigenvalue weighted by molar-refractivity contribution is 6.40. The number of rotatable bonds is 6. The SMILES string of the molecule is CCN(Cc1ccc2c(c1)OCO2)C(=O)C1=NN(c2ccccc2)C(C(N)=O)C1. The maximum atomic E-state index is 13.1. The number of carbonyl (C=O) groups is 2. The number of fused-ring (bicyclic) bond motifs is 1. The zero-order valence-corrected chi connectivity index (χ0v) is 16.1. The maximum Gasteiger partial charge on any atom is 0.270 e. The topological polar surface area (TPSA) is 97.5 Å². The predicted molar refractivity (Wildman–Crippen MR) is 108 cm³/mol. The molecular weight excluding hydrogens is 372 g/mol. The van der Waals surface area contributed by atoms with Crippen molar-refractivity contribution in [2.45, 2.75) is 25.9 Å². The molecule has 2 heterocycles. The van der Waals surface area contributed by atoms with E-state index in [1.54, 1.807) is 4.90 Å². The van der Waals surface area contributed by atoms with E-state index in [1.807, 2.05) is 55.5 Å². The Morgan fingerprint density at radius 3 is 2.66 bits per heavy atom. The third kappa shape index (κ3) is 3.73. The molecule has 2 N–H and O–H groups in total. The standard InChI is InChI=1S/C21H22N4O4/c1-2-24(12-14-8-9-18-19(10-14)29-13-28-18)21(27)16-11-17(20(22)26)25(23-16)15-6-4-3-5-7-15/h3-10,17H,2,11-13H2,1H3,(H2,22,26). The Balaban J connectivity index is 1.54. The smallest absolute Gasteiger partial charge is 0.270 e. The van der Waals surface area contributed by atoms with Crippen molar-refractivity contribution >= 4 is 23.2 Å². The molecule has 2 aliphatic heterocycles. The fraction of sp³-hybridized carbons (Fsp3) is 0.286. The lowest BCUT2D eigenvalue weighted by atomic mass is 10.1. The Bertz CT molecular complexity index is 960. The van der Waals surface area contributed by atoms with E-state index in [9.17, 15) is 9.59 Å². The summed E-state index contributed by atoms with van der Waals surface area (Å²) in [5.41, 5.74) is 7.53. The summed E-state index contributed by atoms with van der Waals surface area (Å²) in [5.74, 6) is 0.647. The highest BCUT2D eigenvalue weighted by atomic mass is 16.7. The summed E-state index contributed by atoms with van der Waals surface area (Å²) in [5, 5.41) is 5.97. The quantitative estimate of drug-likeness (QED) is 0.807. The first-order valence-corrected chi connectivity index (χ1v) is 9.45. The molecule has 0 aromatic heterocycles. The molecule has 8 nitrogen and oxygen atoms in total. The molecule has 1 unspecified atom stereocenters. The molecule has 0 aliphatic carbocycles. The van der Waals surface area contributed by atoms with Crippen molar-refractivity contribution in [3.05, 3.63) is 54.1 Å². The molecule has 0 saturated heterocycles. The van der Waals surface area contributed by atoms with E-state index in [4.69, 9.17) is 15.2 Å². The molecule has 0 saturated carbocycles. The molecule has 2 aliphatic rings. The van der Waals surface area contributed by atoms with Crippen molar-refractivity contribution in [1.29, 1.82) is 0 Å². The molecule has 4 rings (SSSR count). The molecule has 2 aromatic carbocycles. The fourth-order valence-corrected chi connectivity index (χ4v) is 3.45. The molecule has 0 spiro atoms. The zero-order chi connectivity index (χ0) is 20.4. The highest BCUT2D eigenvalue weighted by Gasteiger charge is 2.36. The molecule has 150 valence electrons. The minimum atomic E-state index is -0.680. The molecular formula is C21H22N4O4. The summed E-state index contributed by atoms with van der Waals surface area (Å²) >= 11 is 0. The van der Waals surface area contributed by atoms with Gasteiger partial charge in [0, 0.05) is 19.5 Å². The van der Waals surface area contributed by atoms with Gasteiger partial charge in [-0.05, 0) is 36.8 Å². The second-order valence-electron chi connectivity index (χ2n) is 6.86. The normalized spacial score (nSPS) is 17.2. The molecule has 29 heavy (non-hydrogen) atoms. The van der Waals surface area contributed by atoms with Gasteiger partial charge in [0.05, 0.1) is 5.69 Å². The van der Waals surface area contributed by atoms with Gasteiger partial charge in [-0.1, -0.05) is 24.3 Å². The zero-order valence-electron chi connectivity index (χ0n) is 16.1. The summed E-state index contributed by atoms with van der Waals surface area (Å²) in [6.07, 6.45) is 0.181. The second-order valence-corrected chi connectivity index (χ2v) is 6.86. The Hall–Kier alpha value is -3.55. The van der Waals surface area contributed by atoms with Crippen molar-refractivity contribution in [2.75, 3.05) is 18.3 Å². The number of carbonyl (C=O) groups excluding carboxylic acids is 2. The number of hydrazone groups is 1. The van der Waals surface area contributed by atoms with E-state index in [0.717, 1.165) is 11.3 Å².